The molecule has 0 radical (unpaired) electrons. The average molecular weight is 309 g/mol. The number of hydrogen-bond donors (Lipinski definition) is 1. The lowest BCUT2D eigenvalue weighted by atomic mass is 10.1. The zero-order chi connectivity index (χ0) is 14.8. The second-order valence-corrected chi connectivity index (χ2v) is 5.84. The van der Waals surface area contributed by atoms with Gasteiger partial charge in [0.25, 0.3) is 0 Å². The topological polar surface area (TPSA) is 24.4 Å². The van der Waals surface area contributed by atoms with Gasteiger partial charge in [-0.25, -0.2) is 0 Å². The molecular formula is C16H24N2S2. The van der Waals surface area contributed by atoms with Gasteiger partial charge in [0.2, 0.25) is 0 Å². The minimum absolute atomic E-state index is 0.782. The van der Waals surface area contributed by atoms with E-state index in [9.17, 15) is 0 Å². The maximum absolute atomic E-state index is 4.57. The van der Waals surface area contributed by atoms with Crippen molar-refractivity contribution in [1.29, 1.82) is 0 Å². The summed E-state index contributed by atoms with van der Waals surface area (Å²) in [6, 6.07) is 10.6. The van der Waals surface area contributed by atoms with E-state index in [0.29, 0.717) is 0 Å². The minimum atomic E-state index is 0.782. The van der Waals surface area contributed by atoms with Gasteiger partial charge >= 0.3 is 0 Å². The van der Waals surface area contributed by atoms with Crippen molar-refractivity contribution in [3.63, 3.8) is 0 Å². The molecule has 0 amide bonds. The fourth-order valence-electron chi connectivity index (χ4n) is 1.86. The van der Waals surface area contributed by atoms with Crippen LogP contribution in [-0.2, 0) is 0 Å². The van der Waals surface area contributed by atoms with Crippen LogP contribution in [0.5, 0.6) is 0 Å². The van der Waals surface area contributed by atoms with Crippen molar-refractivity contribution >= 4 is 33.6 Å². The van der Waals surface area contributed by atoms with Crippen LogP contribution in [0, 0.1) is 0 Å². The third-order valence-corrected chi connectivity index (χ3v) is 4.60. The second kappa shape index (κ2) is 9.94. The van der Waals surface area contributed by atoms with Crippen LogP contribution in [-0.4, -0.2) is 23.8 Å². The molecule has 1 aromatic carbocycles. The molecule has 20 heavy (non-hydrogen) atoms. The van der Waals surface area contributed by atoms with Crippen molar-refractivity contribution < 1.29 is 0 Å². The molecule has 0 aromatic heterocycles. The highest BCUT2D eigenvalue weighted by Gasteiger charge is 2.09. The van der Waals surface area contributed by atoms with Gasteiger partial charge in [-0.3, -0.25) is 4.99 Å². The number of nitrogens with one attached hydrogen (secondary N) is 1. The molecule has 0 saturated carbocycles. The van der Waals surface area contributed by atoms with E-state index in [1.165, 1.54) is 16.0 Å². The number of thioether (sulfide) groups is 2. The van der Waals surface area contributed by atoms with Gasteiger partial charge in [0.1, 0.15) is 0 Å². The Hall–Kier alpha value is -0.870. The molecule has 0 fully saturated rings. The van der Waals surface area contributed by atoms with Gasteiger partial charge in [0, 0.05) is 11.4 Å². The van der Waals surface area contributed by atoms with Crippen LogP contribution in [0.25, 0.3) is 4.91 Å². The molecule has 1 aliphatic heterocycles. The molecule has 1 aromatic rings. The number of aliphatic imine (C=N–C) groups is 1. The van der Waals surface area contributed by atoms with E-state index >= 15 is 0 Å². The van der Waals surface area contributed by atoms with Crippen LogP contribution in [0.1, 0.15) is 32.8 Å². The second-order valence-electron chi connectivity index (χ2n) is 4.09. The predicted octanol–water partition coefficient (Wildman–Crippen LogP) is 4.85. The van der Waals surface area contributed by atoms with Crippen molar-refractivity contribution in [1.82, 2.24) is 5.32 Å². The molecule has 1 N–H and O–H groups in total. The van der Waals surface area contributed by atoms with Crippen molar-refractivity contribution in [3.8, 4) is 0 Å². The summed E-state index contributed by atoms with van der Waals surface area (Å²) in [5.41, 5.74) is 2.75. The Morgan fingerprint density at radius 1 is 1.20 bits per heavy atom. The number of rotatable bonds is 1. The summed E-state index contributed by atoms with van der Waals surface area (Å²) in [4.78, 5) is 5.95. The fraction of sp³-hybridized carbons (Fsp3) is 0.438. The zero-order valence-corrected chi connectivity index (χ0v) is 14.4. The van der Waals surface area contributed by atoms with Crippen molar-refractivity contribution in [2.24, 2.45) is 4.99 Å². The van der Waals surface area contributed by atoms with E-state index in [-0.39, 0.29) is 0 Å². The number of amidine groups is 1. The smallest absolute Gasteiger partial charge is 0.157 e. The molecule has 0 saturated heterocycles. The van der Waals surface area contributed by atoms with E-state index in [2.05, 4.69) is 53.8 Å². The Labute approximate surface area is 131 Å². The van der Waals surface area contributed by atoms with E-state index in [1.54, 1.807) is 11.8 Å². The van der Waals surface area contributed by atoms with Gasteiger partial charge in [-0.1, -0.05) is 61.5 Å². The third kappa shape index (κ3) is 5.25. The Balaban J connectivity index is 0.000000956. The molecule has 110 valence electrons. The highest BCUT2D eigenvalue weighted by molar-refractivity contribution is 8.13. The van der Waals surface area contributed by atoms with Gasteiger partial charge in [-0.15, -0.1) is 11.8 Å². The molecule has 2 rings (SSSR count). The van der Waals surface area contributed by atoms with Crippen molar-refractivity contribution in [2.75, 3.05) is 18.7 Å². The lowest BCUT2D eigenvalue weighted by Gasteiger charge is -2.10. The van der Waals surface area contributed by atoms with Crippen molar-refractivity contribution in [2.45, 2.75) is 27.2 Å². The van der Waals surface area contributed by atoms with Gasteiger partial charge in [0.15, 0.2) is 5.17 Å². The summed E-state index contributed by atoms with van der Waals surface area (Å²) in [5.74, 6) is 0.782. The van der Waals surface area contributed by atoms with Gasteiger partial charge in [-0.2, -0.15) is 0 Å². The molecule has 0 atom stereocenters. The average Bonchev–Trinajstić information content (AvgIpc) is 2.60. The van der Waals surface area contributed by atoms with Gasteiger partial charge in [0.05, 0.1) is 5.88 Å². The molecule has 2 nitrogen and oxygen atoms in total. The first-order valence-corrected chi connectivity index (χ1v) is 9.22. The van der Waals surface area contributed by atoms with Crippen LogP contribution >= 0.6 is 23.5 Å². The molecule has 1 aliphatic rings. The van der Waals surface area contributed by atoms with Crippen LogP contribution in [0.2, 0.25) is 0 Å². The lowest BCUT2D eigenvalue weighted by Crippen LogP contribution is -2.21. The van der Waals surface area contributed by atoms with Crippen LogP contribution in [0.4, 0.5) is 0 Å². The SMILES string of the molecule is CC.CS/C1=N/CS/C(c2ccccc2)=C(/C)CCN1. The maximum atomic E-state index is 4.57. The largest absolute Gasteiger partial charge is 0.365 e. The van der Waals surface area contributed by atoms with Gasteiger partial charge < -0.3 is 5.32 Å². The van der Waals surface area contributed by atoms with E-state index in [0.717, 1.165) is 24.0 Å². The van der Waals surface area contributed by atoms with Crippen molar-refractivity contribution in [3.05, 3.63) is 41.5 Å². The van der Waals surface area contributed by atoms with Crippen LogP contribution in [0.3, 0.4) is 0 Å². The summed E-state index contributed by atoms with van der Waals surface area (Å²) in [6.45, 7) is 7.18. The standard InChI is InChI=1S/C14H18N2S2.C2H6/c1-11-8-9-15-14(17-2)16-10-18-13(11)12-6-4-3-5-7-12;1-2/h3-7H,8-10H2,1-2H3,(H,15,16);1-2H3/b13-11-;. The van der Waals surface area contributed by atoms with E-state index < -0.39 is 0 Å². The van der Waals surface area contributed by atoms with Gasteiger partial charge in [-0.05, 0) is 25.2 Å². The Kier molecular flexibility index (Phi) is 8.54. The molecule has 0 bridgehead atoms. The number of hydrogen-bond acceptors (Lipinski definition) is 4. The van der Waals surface area contributed by atoms with Crippen LogP contribution in [0.15, 0.2) is 40.9 Å². The highest BCUT2D eigenvalue weighted by atomic mass is 32.2. The zero-order valence-electron chi connectivity index (χ0n) is 12.8. The molecule has 0 spiro atoms. The highest BCUT2D eigenvalue weighted by Crippen LogP contribution is 2.32. The monoisotopic (exact) mass is 308 g/mol. The number of nitrogens with zero attached hydrogens (tertiary/aromatic N) is 1. The number of benzene rings is 1. The summed E-state index contributed by atoms with van der Waals surface area (Å²) in [7, 11) is 0. The van der Waals surface area contributed by atoms with E-state index in [4.69, 9.17) is 0 Å². The quantitative estimate of drug-likeness (QED) is 0.803. The summed E-state index contributed by atoms with van der Waals surface area (Å²) >= 11 is 3.51. The summed E-state index contributed by atoms with van der Waals surface area (Å²) in [5, 5.41) is 4.43. The normalized spacial score (nSPS) is 22.1. The summed E-state index contributed by atoms with van der Waals surface area (Å²) < 4.78 is 0. The predicted molar refractivity (Wildman–Crippen MR) is 96.4 cm³/mol. The molecule has 1 heterocycles. The third-order valence-electron chi connectivity index (χ3n) is 2.81. The first-order chi connectivity index (χ1) is 9.81. The Morgan fingerprint density at radius 2 is 1.90 bits per heavy atom. The van der Waals surface area contributed by atoms with E-state index in [1.807, 2.05) is 25.6 Å². The fourth-order valence-corrected chi connectivity index (χ4v) is 3.36. The molecule has 0 aliphatic carbocycles. The lowest BCUT2D eigenvalue weighted by molar-refractivity contribution is 0.867. The first kappa shape index (κ1) is 17.2. The molecular weight excluding hydrogens is 284 g/mol. The van der Waals surface area contributed by atoms with Crippen LogP contribution < -0.4 is 5.32 Å². The Morgan fingerprint density at radius 3 is 2.55 bits per heavy atom. The Bertz CT molecular complexity index is 453. The minimum Gasteiger partial charge on any atom is -0.365 e. The first-order valence-electron chi connectivity index (χ1n) is 7.01. The molecule has 4 heteroatoms. The summed E-state index contributed by atoms with van der Waals surface area (Å²) in [6.07, 6.45) is 3.13. The molecule has 0 unspecified atom stereocenters. The maximum Gasteiger partial charge on any atom is 0.157 e.